The van der Waals surface area contributed by atoms with Crippen molar-refractivity contribution in [2.75, 3.05) is 19.8 Å². The molecule has 1 heterocycles. The summed E-state index contributed by atoms with van der Waals surface area (Å²) >= 11 is 0. The van der Waals surface area contributed by atoms with Crippen molar-refractivity contribution in [3.8, 4) is 0 Å². The lowest BCUT2D eigenvalue weighted by Crippen LogP contribution is -2.60. The summed E-state index contributed by atoms with van der Waals surface area (Å²) in [6.07, 6.45) is 79.2. The summed E-state index contributed by atoms with van der Waals surface area (Å²) in [4.78, 5) is 25.1. The van der Waals surface area contributed by atoms with Crippen LogP contribution in [0.2, 0.25) is 0 Å². The molecule has 1 aliphatic rings. The minimum absolute atomic E-state index is 0.0158. The molecule has 0 aromatic carbocycles. The molecule has 11 nitrogen and oxygen atoms in total. The second-order valence-electron chi connectivity index (χ2n) is 28.1. The average Bonchev–Trinajstić information content (AvgIpc) is 1.62. The Morgan fingerprint density at radius 1 is 0.396 bits per heavy atom. The van der Waals surface area contributed by atoms with Gasteiger partial charge >= 0.3 is 5.97 Å². The number of allylic oxidation sites excluding steroid dienone is 3. The number of hydrogen-bond acceptors (Lipinski definition) is 10. The van der Waals surface area contributed by atoms with Crippen molar-refractivity contribution < 1.29 is 49.3 Å². The molecule has 0 aliphatic carbocycles. The van der Waals surface area contributed by atoms with Crippen LogP contribution >= 0.6 is 0 Å². The molecule has 0 spiro atoms. The van der Waals surface area contributed by atoms with Crippen LogP contribution in [0.4, 0.5) is 0 Å². The van der Waals surface area contributed by atoms with Gasteiger partial charge in [-0.15, -0.1) is 0 Å². The maximum atomic E-state index is 13.1. The van der Waals surface area contributed by atoms with E-state index in [9.17, 15) is 35.1 Å². The van der Waals surface area contributed by atoms with Crippen molar-refractivity contribution in [3.05, 3.63) is 24.3 Å². The molecule has 1 aliphatic heterocycles. The van der Waals surface area contributed by atoms with Gasteiger partial charge in [0, 0.05) is 12.8 Å². The Morgan fingerprint density at radius 2 is 0.703 bits per heavy atom. The predicted octanol–water partition coefficient (Wildman–Crippen LogP) is 21.5. The Bertz CT molecular complexity index is 1560. The van der Waals surface area contributed by atoms with Crippen LogP contribution in [-0.4, -0.2) is 100 Å². The first-order chi connectivity index (χ1) is 44.7. The summed E-state index contributed by atoms with van der Waals surface area (Å²) in [5.74, 6) is -0.158. The first-order valence-corrected chi connectivity index (χ1v) is 40.1. The van der Waals surface area contributed by atoms with Crippen LogP contribution < -0.4 is 5.32 Å². The third-order valence-electron chi connectivity index (χ3n) is 19.3. The molecule has 11 heteroatoms. The maximum absolute atomic E-state index is 13.1. The van der Waals surface area contributed by atoms with Crippen LogP contribution in [0.1, 0.15) is 412 Å². The summed E-state index contributed by atoms with van der Waals surface area (Å²) in [6, 6.07) is -0.807. The molecule has 7 atom stereocenters. The topological polar surface area (TPSA) is 175 Å². The molecule has 0 bridgehead atoms. The lowest BCUT2D eigenvalue weighted by molar-refractivity contribution is -0.302. The minimum Gasteiger partial charge on any atom is -0.466 e. The molecular formula is C80H153NO10. The molecule has 1 saturated heterocycles. The lowest BCUT2D eigenvalue weighted by Gasteiger charge is -2.40. The molecule has 0 aromatic rings. The maximum Gasteiger partial charge on any atom is 0.305 e. The highest BCUT2D eigenvalue weighted by atomic mass is 16.7. The van der Waals surface area contributed by atoms with Crippen molar-refractivity contribution in [2.24, 2.45) is 0 Å². The lowest BCUT2D eigenvalue weighted by atomic mass is 9.99. The summed E-state index contributed by atoms with van der Waals surface area (Å²) in [5, 5.41) is 54.7. The predicted molar refractivity (Wildman–Crippen MR) is 384 cm³/mol. The van der Waals surface area contributed by atoms with Gasteiger partial charge in [0.2, 0.25) is 5.91 Å². The van der Waals surface area contributed by atoms with Gasteiger partial charge in [-0.1, -0.05) is 366 Å². The van der Waals surface area contributed by atoms with E-state index in [-0.39, 0.29) is 18.5 Å². The third-order valence-corrected chi connectivity index (χ3v) is 19.3. The summed E-state index contributed by atoms with van der Waals surface area (Å²) in [6.45, 7) is 4.40. The Hall–Kier alpha value is -1.86. The number of aliphatic hydroxyl groups is 5. The fourth-order valence-electron chi connectivity index (χ4n) is 13.0. The molecular weight excluding hydrogens is 1130 g/mol. The van der Waals surface area contributed by atoms with Gasteiger partial charge in [-0.2, -0.15) is 0 Å². The van der Waals surface area contributed by atoms with Crippen LogP contribution in [0.5, 0.6) is 0 Å². The average molecular weight is 1290 g/mol. The number of carbonyl (C=O) groups excluding carboxylic acids is 2. The zero-order valence-corrected chi connectivity index (χ0v) is 60.1. The van der Waals surface area contributed by atoms with Crippen molar-refractivity contribution >= 4 is 11.9 Å². The van der Waals surface area contributed by atoms with E-state index in [0.717, 1.165) is 51.4 Å². The monoisotopic (exact) mass is 1290 g/mol. The van der Waals surface area contributed by atoms with Crippen molar-refractivity contribution in [1.82, 2.24) is 5.32 Å². The smallest absolute Gasteiger partial charge is 0.305 e. The fraction of sp³-hybridized carbons (Fsp3) is 0.925. The highest BCUT2D eigenvalue weighted by Crippen LogP contribution is 2.24. The van der Waals surface area contributed by atoms with Gasteiger partial charge in [0.05, 0.1) is 32.0 Å². The molecule has 1 amide bonds. The second kappa shape index (κ2) is 69.5. The van der Waals surface area contributed by atoms with Crippen LogP contribution in [0.15, 0.2) is 24.3 Å². The number of rotatable bonds is 72. The first-order valence-electron chi connectivity index (χ1n) is 40.1. The normalized spacial score (nSPS) is 17.6. The van der Waals surface area contributed by atoms with E-state index >= 15 is 0 Å². The quantitative estimate of drug-likeness (QED) is 0.0195. The molecule has 1 rings (SSSR count). The number of esters is 1. The van der Waals surface area contributed by atoms with E-state index in [1.54, 1.807) is 6.08 Å². The Balaban J connectivity index is 1.92. The molecule has 0 aromatic heterocycles. The molecule has 6 N–H and O–H groups in total. The zero-order valence-electron chi connectivity index (χ0n) is 60.1. The van der Waals surface area contributed by atoms with Gasteiger partial charge in [-0.25, -0.2) is 0 Å². The minimum atomic E-state index is -1.57. The molecule has 7 unspecified atom stereocenters. The van der Waals surface area contributed by atoms with Crippen LogP contribution in [0.3, 0.4) is 0 Å². The number of unbranched alkanes of at least 4 members (excludes halogenated alkanes) is 56. The number of amides is 1. The standard InChI is InChI=1S/C80H153NO10/c1-3-5-7-9-11-13-15-16-40-43-47-50-54-58-62-66-73(83)72(71-90-80-79(88)78(87)77(86)74(70-82)91-80)81-75(84)67-63-59-55-51-48-44-41-38-36-34-32-30-28-26-24-22-20-18-17-19-21-23-25-27-29-31-33-35-37-39-42-45-49-53-57-61-65-69-89-76(85)68-64-60-56-52-46-14-12-10-8-6-4-2/h17,19,62,66,72-74,77-80,82-83,86-88H,3-16,18,20-61,63-65,67-71H2,1-2H3,(H,81,84)/b19-17-,66-62+. The van der Waals surface area contributed by atoms with E-state index in [2.05, 4.69) is 31.3 Å². The Morgan fingerprint density at radius 3 is 1.05 bits per heavy atom. The summed E-state index contributed by atoms with van der Waals surface area (Å²) < 4.78 is 16.8. The highest BCUT2D eigenvalue weighted by Gasteiger charge is 2.44. The van der Waals surface area contributed by atoms with Crippen LogP contribution in [-0.2, 0) is 23.8 Å². The van der Waals surface area contributed by atoms with Gasteiger partial charge in [0.25, 0.3) is 0 Å². The molecule has 0 saturated carbocycles. The van der Waals surface area contributed by atoms with E-state index < -0.39 is 49.5 Å². The highest BCUT2D eigenvalue weighted by molar-refractivity contribution is 5.76. The number of hydrogen-bond donors (Lipinski definition) is 6. The fourth-order valence-corrected chi connectivity index (χ4v) is 13.0. The number of nitrogens with one attached hydrogen (secondary N) is 1. The largest absolute Gasteiger partial charge is 0.466 e. The SMILES string of the molecule is CCCCCCCCCCCCCCC/C=C/C(O)C(COC1OC(CO)C(O)C(O)C1O)NC(=O)CCCCCCCCCCCCCCCCCCC/C=C\CCCCCCCCCCCCCCCCCCOC(=O)CCCCCCCCCCCCC. The van der Waals surface area contributed by atoms with Crippen molar-refractivity contribution in [3.63, 3.8) is 0 Å². The van der Waals surface area contributed by atoms with Crippen molar-refractivity contribution in [1.29, 1.82) is 0 Å². The Labute approximate surface area is 562 Å². The second-order valence-corrected chi connectivity index (χ2v) is 28.1. The van der Waals surface area contributed by atoms with Gasteiger partial charge in [0.15, 0.2) is 6.29 Å². The van der Waals surface area contributed by atoms with Gasteiger partial charge in [0.1, 0.15) is 24.4 Å². The zero-order chi connectivity index (χ0) is 65.8. The molecule has 91 heavy (non-hydrogen) atoms. The van der Waals surface area contributed by atoms with E-state index in [1.807, 2.05) is 6.08 Å². The first kappa shape index (κ1) is 87.2. The molecule has 1 fully saturated rings. The van der Waals surface area contributed by atoms with Gasteiger partial charge < -0.3 is 45.1 Å². The molecule has 0 radical (unpaired) electrons. The van der Waals surface area contributed by atoms with E-state index in [0.29, 0.717) is 19.4 Å². The van der Waals surface area contributed by atoms with Crippen molar-refractivity contribution in [2.45, 2.75) is 455 Å². The molecule has 538 valence electrons. The van der Waals surface area contributed by atoms with E-state index in [4.69, 9.17) is 14.2 Å². The van der Waals surface area contributed by atoms with Gasteiger partial charge in [-0.3, -0.25) is 9.59 Å². The van der Waals surface area contributed by atoms with Crippen LogP contribution in [0, 0.1) is 0 Å². The van der Waals surface area contributed by atoms with Crippen LogP contribution in [0.25, 0.3) is 0 Å². The number of ether oxygens (including phenoxy) is 3. The van der Waals surface area contributed by atoms with E-state index in [1.165, 1.54) is 334 Å². The third kappa shape index (κ3) is 58.1. The summed E-state index contributed by atoms with van der Waals surface area (Å²) in [7, 11) is 0. The number of aliphatic hydroxyl groups excluding tert-OH is 5. The summed E-state index contributed by atoms with van der Waals surface area (Å²) in [5.41, 5.74) is 0. The van der Waals surface area contributed by atoms with Gasteiger partial charge in [-0.05, 0) is 57.8 Å². The Kier molecular flexibility index (Phi) is 66.6. The number of carbonyl (C=O) groups is 2.